The molecule has 1 N–H and O–H groups in total. The molecule has 0 amide bonds. The molecule has 5 nitrogen and oxygen atoms in total. The van der Waals surface area contributed by atoms with Crippen LogP contribution in [0.3, 0.4) is 0 Å². The van der Waals surface area contributed by atoms with Crippen molar-refractivity contribution in [3.8, 4) is 0 Å². The van der Waals surface area contributed by atoms with Crippen molar-refractivity contribution in [2.45, 2.75) is 44.4 Å². The summed E-state index contributed by atoms with van der Waals surface area (Å²) in [6.45, 7) is 3.21. The summed E-state index contributed by atoms with van der Waals surface area (Å²) in [5, 5.41) is 3.31. The summed E-state index contributed by atoms with van der Waals surface area (Å²) >= 11 is 0. The van der Waals surface area contributed by atoms with Crippen LogP contribution < -0.4 is 10.2 Å². The average molecular weight is 508 g/mol. The third-order valence-corrected chi connectivity index (χ3v) is 8.93. The number of halogens is 1. The molecule has 1 aliphatic carbocycles. The van der Waals surface area contributed by atoms with Crippen molar-refractivity contribution >= 4 is 26.3 Å². The van der Waals surface area contributed by atoms with E-state index in [0.29, 0.717) is 17.0 Å². The van der Waals surface area contributed by atoms with Gasteiger partial charge < -0.3 is 10.2 Å². The zero-order valence-electron chi connectivity index (χ0n) is 20.6. The maximum Gasteiger partial charge on any atom is 0.283 e. The second kappa shape index (κ2) is 11.1. The molecule has 2 aromatic carbocycles. The second-order valence-corrected chi connectivity index (χ2v) is 11.5. The summed E-state index contributed by atoms with van der Waals surface area (Å²) in [5.74, 6) is -0.310. The molecular weight excluding hydrogens is 473 g/mol. The molecule has 2 aliphatic heterocycles. The molecule has 2 fully saturated rings. The van der Waals surface area contributed by atoms with Gasteiger partial charge in [0, 0.05) is 32.1 Å². The first kappa shape index (κ1) is 24.9. The molecule has 1 saturated carbocycles. The van der Waals surface area contributed by atoms with Gasteiger partial charge in [-0.1, -0.05) is 68.2 Å². The first-order valence-electron chi connectivity index (χ1n) is 13.1. The smallest absolute Gasteiger partial charge is 0.283 e. The third kappa shape index (κ3) is 5.47. The van der Waals surface area contributed by atoms with E-state index in [1.54, 1.807) is 30.4 Å². The highest BCUT2D eigenvalue weighted by Gasteiger charge is 2.32. The molecule has 2 aromatic rings. The molecule has 0 aromatic heterocycles. The highest BCUT2D eigenvalue weighted by molar-refractivity contribution is 7.99. The van der Waals surface area contributed by atoms with Crippen LogP contribution in [0.5, 0.6) is 0 Å². The van der Waals surface area contributed by atoms with E-state index in [2.05, 4.69) is 14.6 Å². The van der Waals surface area contributed by atoms with Crippen molar-refractivity contribution in [1.82, 2.24) is 5.32 Å². The molecule has 190 valence electrons. The highest BCUT2D eigenvalue weighted by Crippen LogP contribution is 2.39. The summed E-state index contributed by atoms with van der Waals surface area (Å²) < 4.78 is 46.7. The van der Waals surface area contributed by atoms with E-state index in [1.165, 1.54) is 12.8 Å². The number of piperazine rings is 1. The second-order valence-electron chi connectivity index (χ2n) is 9.92. The number of hydrogen-bond donors (Lipinski definition) is 1. The van der Waals surface area contributed by atoms with Crippen LogP contribution in [0.15, 0.2) is 71.2 Å². The molecule has 7 heteroatoms. The van der Waals surface area contributed by atoms with Gasteiger partial charge in [0.1, 0.15) is 5.82 Å². The van der Waals surface area contributed by atoms with Crippen molar-refractivity contribution < 1.29 is 12.8 Å². The predicted molar refractivity (Wildman–Crippen MR) is 145 cm³/mol. The molecule has 0 radical (unpaired) electrons. The number of anilines is 1. The normalized spacial score (nSPS) is 21.8. The predicted octanol–water partition coefficient (Wildman–Crippen LogP) is 5.67. The van der Waals surface area contributed by atoms with Gasteiger partial charge in [0.25, 0.3) is 10.0 Å². The minimum atomic E-state index is -3.92. The van der Waals surface area contributed by atoms with Gasteiger partial charge in [-0.2, -0.15) is 12.8 Å². The fourth-order valence-corrected chi connectivity index (χ4v) is 6.99. The van der Waals surface area contributed by atoms with E-state index in [4.69, 9.17) is 0 Å². The van der Waals surface area contributed by atoms with E-state index in [9.17, 15) is 8.42 Å². The molecule has 36 heavy (non-hydrogen) atoms. The summed E-state index contributed by atoms with van der Waals surface area (Å²) in [4.78, 5) is 2.26. The van der Waals surface area contributed by atoms with Crippen LogP contribution >= 0.6 is 0 Å². The van der Waals surface area contributed by atoms with Crippen LogP contribution in [0.1, 0.15) is 55.6 Å². The number of allylic oxidation sites excluding steroid dienone is 3. The Kier molecular flexibility index (Phi) is 7.67. The van der Waals surface area contributed by atoms with E-state index in [-0.39, 0.29) is 22.6 Å². The van der Waals surface area contributed by atoms with Crippen molar-refractivity contribution in [2.24, 2.45) is 10.3 Å². The summed E-state index contributed by atoms with van der Waals surface area (Å²) in [6.07, 6.45) is 11.7. The Morgan fingerprint density at radius 3 is 2.39 bits per heavy atom. The lowest BCUT2D eigenvalue weighted by Gasteiger charge is -2.31. The zero-order valence-corrected chi connectivity index (χ0v) is 21.4. The lowest BCUT2D eigenvalue weighted by atomic mass is 9.78. The fraction of sp³-hybridized carbons (Fsp3) is 0.414. The largest absolute Gasteiger partial charge is 0.367 e. The van der Waals surface area contributed by atoms with Crippen LogP contribution in [0, 0.1) is 11.7 Å². The number of hydrogen-bond acceptors (Lipinski definition) is 4. The van der Waals surface area contributed by atoms with E-state index in [1.807, 2.05) is 36.4 Å². The molecule has 0 spiro atoms. The summed E-state index contributed by atoms with van der Waals surface area (Å²) in [7, 11) is -3.92. The molecule has 1 unspecified atom stereocenters. The van der Waals surface area contributed by atoms with Crippen molar-refractivity contribution in [2.75, 3.05) is 31.1 Å². The van der Waals surface area contributed by atoms with Gasteiger partial charge >= 0.3 is 0 Å². The Morgan fingerprint density at radius 1 is 0.972 bits per heavy atom. The summed E-state index contributed by atoms with van der Waals surface area (Å²) in [5.41, 5.74) is 2.53. The number of benzene rings is 2. The van der Waals surface area contributed by atoms with Gasteiger partial charge in [-0.25, -0.2) is 4.39 Å². The highest BCUT2D eigenvalue weighted by atomic mass is 32.2. The molecule has 1 saturated heterocycles. The lowest BCUT2D eigenvalue weighted by Crippen LogP contribution is -2.43. The van der Waals surface area contributed by atoms with Gasteiger partial charge in [-0.15, -0.1) is 0 Å². The monoisotopic (exact) mass is 507 g/mol. The summed E-state index contributed by atoms with van der Waals surface area (Å²) in [6, 6.07) is 14.5. The third-order valence-electron chi connectivity index (χ3n) is 7.55. The molecule has 5 rings (SSSR count). The Balaban J connectivity index is 1.54. The Hall–Kier alpha value is -2.77. The van der Waals surface area contributed by atoms with Crippen LogP contribution in [-0.2, 0) is 10.0 Å². The van der Waals surface area contributed by atoms with Crippen LogP contribution in [0.2, 0.25) is 0 Å². The lowest BCUT2D eigenvalue weighted by molar-refractivity contribution is 0.433. The van der Waals surface area contributed by atoms with Crippen molar-refractivity contribution in [3.63, 3.8) is 0 Å². The average Bonchev–Trinajstić information content (AvgIpc) is 3.24. The minimum Gasteiger partial charge on any atom is -0.367 e. The zero-order chi connectivity index (χ0) is 25.0. The number of rotatable bonds is 5. The first-order chi connectivity index (χ1) is 17.5. The van der Waals surface area contributed by atoms with Crippen LogP contribution in [0.4, 0.5) is 10.1 Å². The minimum absolute atomic E-state index is 0.189. The van der Waals surface area contributed by atoms with E-state index >= 15 is 4.39 Å². The molecule has 2 heterocycles. The van der Waals surface area contributed by atoms with Gasteiger partial charge in [0.2, 0.25) is 0 Å². The molecule has 3 aliphatic rings. The topological polar surface area (TPSA) is 61.8 Å². The van der Waals surface area contributed by atoms with Crippen molar-refractivity contribution in [1.29, 1.82) is 0 Å². The van der Waals surface area contributed by atoms with Gasteiger partial charge in [0.05, 0.1) is 16.3 Å². The Bertz CT molecular complexity index is 1260. The van der Waals surface area contributed by atoms with E-state index in [0.717, 1.165) is 57.4 Å². The number of nitrogens with zero attached hydrogens (tertiary/aromatic N) is 2. The molecule has 0 bridgehead atoms. The maximum atomic E-state index is 15.5. The van der Waals surface area contributed by atoms with Crippen LogP contribution in [-0.4, -0.2) is 40.3 Å². The quantitative estimate of drug-likeness (QED) is 0.530. The maximum absolute atomic E-state index is 15.5. The molecular formula is C29H34FN3O2S. The first-order valence-corrected chi connectivity index (χ1v) is 14.5. The number of sulfonamides is 1. The Labute approximate surface area is 213 Å². The SMILES string of the molecule is O=S1(=O)N=C(C(c2ccc(N3CCNCC3)c(F)c2)C2CCCCCC2)C=CC=C1c1ccccc1. The Morgan fingerprint density at radius 2 is 1.69 bits per heavy atom. The van der Waals surface area contributed by atoms with Crippen molar-refractivity contribution in [3.05, 3.63) is 83.7 Å². The van der Waals surface area contributed by atoms with Crippen LogP contribution in [0.25, 0.3) is 4.91 Å². The van der Waals surface area contributed by atoms with Gasteiger partial charge in [-0.3, -0.25) is 0 Å². The van der Waals surface area contributed by atoms with Gasteiger partial charge in [-0.05, 0) is 54.2 Å². The van der Waals surface area contributed by atoms with Gasteiger partial charge in [0.15, 0.2) is 0 Å². The standard InChI is InChI=1S/C29H34FN3O2S/c30-25-21-24(15-16-27(25)33-19-17-31-18-20-33)29(23-11-4-1-2-5-12-23)26-13-8-14-28(36(34,35)32-26)22-9-6-3-7-10-22/h3,6-10,13-16,21,23,29,31H,1-2,4-5,11-12,17-20H2. The molecule has 1 atom stereocenters. The fourth-order valence-electron chi connectivity index (χ4n) is 5.75. The van der Waals surface area contributed by atoms with E-state index < -0.39 is 10.0 Å². The number of nitrogens with one attached hydrogen (secondary N) is 1.